The number of rotatable bonds is 7. The first-order valence-corrected chi connectivity index (χ1v) is 12.3. The Morgan fingerprint density at radius 2 is 1.61 bits per heavy atom. The standard InChI is InChI=1S/C27H23Cl2N5O4/c1-3-34-26(36)23(31-27(37)32-25-20(28)14-30-15-21(25)29)13-22(33-34)19-9-5-8-18(12-19)17-7-4-6-16(10-17)11-24(35)38-2/h4-10,12-15H,3,11H2,1-2H3,(H2,30,31,32,37). The average molecular weight is 552 g/mol. The lowest BCUT2D eigenvalue weighted by Gasteiger charge is -2.13. The third-order valence-electron chi connectivity index (χ3n) is 5.61. The second kappa shape index (κ2) is 11.9. The Balaban J connectivity index is 1.65. The number of ether oxygens (including phenoxy) is 1. The van der Waals surface area contributed by atoms with Crippen LogP contribution in [0.3, 0.4) is 0 Å². The number of anilines is 2. The third kappa shape index (κ3) is 6.19. The van der Waals surface area contributed by atoms with Crippen molar-refractivity contribution >= 4 is 46.6 Å². The van der Waals surface area contributed by atoms with Gasteiger partial charge in [0.2, 0.25) is 0 Å². The number of hydrogen-bond donors (Lipinski definition) is 2. The van der Waals surface area contributed by atoms with Gasteiger partial charge in [-0.25, -0.2) is 9.48 Å². The van der Waals surface area contributed by atoms with Crippen LogP contribution in [-0.4, -0.2) is 33.9 Å². The molecule has 0 spiro atoms. The van der Waals surface area contributed by atoms with E-state index < -0.39 is 11.6 Å². The van der Waals surface area contributed by atoms with E-state index in [-0.39, 0.29) is 33.8 Å². The highest BCUT2D eigenvalue weighted by Gasteiger charge is 2.15. The van der Waals surface area contributed by atoms with Crippen molar-refractivity contribution in [3.63, 3.8) is 0 Å². The largest absolute Gasteiger partial charge is 0.469 e. The quantitative estimate of drug-likeness (QED) is 0.286. The number of nitrogens with zero attached hydrogens (tertiary/aromatic N) is 3. The van der Waals surface area contributed by atoms with Gasteiger partial charge in [-0.3, -0.25) is 14.6 Å². The molecule has 0 saturated heterocycles. The van der Waals surface area contributed by atoms with E-state index in [0.29, 0.717) is 12.2 Å². The predicted octanol–water partition coefficient (Wildman–Crippen LogP) is 5.66. The van der Waals surface area contributed by atoms with E-state index in [4.69, 9.17) is 27.9 Å². The lowest BCUT2D eigenvalue weighted by Crippen LogP contribution is -2.29. The minimum absolute atomic E-state index is 0.0288. The highest BCUT2D eigenvalue weighted by atomic mass is 35.5. The Morgan fingerprint density at radius 1 is 0.947 bits per heavy atom. The molecule has 0 aliphatic rings. The fourth-order valence-electron chi connectivity index (χ4n) is 3.74. The van der Waals surface area contributed by atoms with Gasteiger partial charge in [0.15, 0.2) is 0 Å². The molecule has 0 saturated carbocycles. The van der Waals surface area contributed by atoms with E-state index in [1.165, 1.54) is 30.3 Å². The number of carbonyl (C=O) groups is 2. The number of esters is 1. The molecule has 2 N–H and O–H groups in total. The molecule has 11 heteroatoms. The second-order valence-corrected chi connectivity index (χ2v) is 8.97. The summed E-state index contributed by atoms with van der Waals surface area (Å²) in [6, 6.07) is 16.0. The van der Waals surface area contributed by atoms with Crippen LogP contribution >= 0.6 is 23.2 Å². The van der Waals surface area contributed by atoms with E-state index in [1.54, 1.807) is 6.92 Å². The van der Waals surface area contributed by atoms with E-state index in [1.807, 2.05) is 48.5 Å². The van der Waals surface area contributed by atoms with Crippen LogP contribution < -0.4 is 16.2 Å². The molecule has 38 heavy (non-hydrogen) atoms. The highest BCUT2D eigenvalue weighted by Crippen LogP contribution is 2.29. The minimum Gasteiger partial charge on any atom is -0.469 e. The number of aromatic nitrogens is 3. The SMILES string of the molecule is CCn1nc(-c2cccc(-c3cccc(CC(=O)OC)c3)c2)cc(NC(=O)Nc2c(Cl)cncc2Cl)c1=O. The summed E-state index contributed by atoms with van der Waals surface area (Å²) in [7, 11) is 1.36. The van der Waals surface area contributed by atoms with Gasteiger partial charge in [0.05, 0.1) is 35.0 Å². The van der Waals surface area contributed by atoms with E-state index >= 15 is 0 Å². The molecule has 2 amide bonds. The maximum absolute atomic E-state index is 12.9. The number of methoxy groups -OCH3 is 1. The summed E-state index contributed by atoms with van der Waals surface area (Å²) in [5, 5.41) is 9.89. The Hall–Kier alpha value is -4.21. The molecule has 0 atom stereocenters. The summed E-state index contributed by atoms with van der Waals surface area (Å²) in [6.45, 7) is 2.07. The highest BCUT2D eigenvalue weighted by molar-refractivity contribution is 6.39. The number of amides is 2. The van der Waals surface area contributed by atoms with Crippen molar-refractivity contribution in [2.24, 2.45) is 0 Å². The van der Waals surface area contributed by atoms with Crippen LogP contribution in [-0.2, 0) is 22.5 Å². The molecule has 2 aromatic carbocycles. The van der Waals surface area contributed by atoms with Crippen molar-refractivity contribution < 1.29 is 14.3 Å². The Morgan fingerprint density at radius 3 is 2.29 bits per heavy atom. The van der Waals surface area contributed by atoms with Gasteiger partial charge in [0.1, 0.15) is 5.69 Å². The van der Waals surface area contributed by atoms with E-state index in [9.17, 15) is 14.4 Å². The second-order valence-electron chi connectivity index (χ2n) is 8.16. The molecule has 0 fully saturated rings. The number of nitrogens with one attached hydrogen (secondary N) is 2. The Kier molecular flexibility index (Phi) is 8.40. The van der Waals surface area contributed by atoms with Gasteiger partial charge in [-0.15, -0.1) is 0 Å². The molecule has 0 aliphatic heterocycles. The Bertz CT molecular complexity index is 1550. The van der Waals surface area contributed by atoms with E-state index in [0.717, 1.165) is 22.3 Å². The summed E-state index contributed by atoms with van der Waals surface area (Å²) in [5.41, 5.74) is 3.56. The maximum atomic E-state index is 12.9. The van der Waals surface area contributed by atoms with Gasteiger partial charge < -0.3 is 15.4 Å². The van der Waals surface area contributed by atoms with Gasteiger partial charge in [0.25, 0.3) is 5.56 Å². The number of pyridine rings is 1. The molecule has 0 bridgehead atoms. The van der Waals surface area contributed by atoms with Crippen LogP contribution in [0.1, 0.15) is 12.5 Å². The molecular formula is C27H23Cl2N5O4. The van der Waals surface area contributed by atoms with Crippen LogP contribution in [0.4, 0.5) is 16.2 Å². The van der Waals surface area contributed by atoms with Crippen molar-refractivity contribution in [3.8, 4) is 22.4 Å². The lowest BCUT2D eigenvalue weighted by atomic mass is 9.99. The van der Waals surface area contributed by atoms with Crippen LogP contribution in [0.2, 0.25) is 10.0 Å². The molecular weight excluding hydrogens is 529 g/mol. The van der Waals surface area contributed by atoms with Crippen molar-refractivity contribution in [3.05, 3.63) is 93.0 Å². The summed E-state index contributed by atoms with van der Waals surface area (Å²) in [6.07, 6.45) is 2.85. The van der Waals surface area contributed by atoms with E-state index in [2.05, 4.69) is 20.7 Å². The van der Waals surface area contributed by atoms with Crippen molar-refractivity contribution in [2.75, 3.05) is 17.7 Å². The predicted molar refractivity (Wildman–Crippen MR) is 148 cm³/mol. The minimum atomic E-state index is -0.701. The first-order valence-electron chi connectivity index (χ1n) is 11.5. The molecule has 0 unspecified atom stereocenters. The molecule has 0 aliphatic carbocycles. The fourth-order valence-corrected chi connectivity index (χ4v) is 4.20. The zero-order chi connectivity index (χ0) is 27.2. The maximum Gasteiger partial charge on any atom is 0.323 e. The van der Waals surface area contributed by atoms with Crippen LogP contribution in [0.25, 0.3) is 22.4 Å². The van der Waals surface area contributed by atoms with Crippen LogP contribution in [0.5, 0.6) is 0 Å². The number of carbonyl (C=O) groups excluding carboxylic acids is 2. The summed E-state index contributed by atoms with van der Waals surface area (Å²) < 4.78 is 6.03. The number of aryl methyl sites for hydroxylation is 1. The fraction of sp³-hybridized carbons (Fsp3) is 0.148. The monoisotopic (exact) mass is 551 g/mol. The van der Waals surface area contributed by atoms with Gasteiger partial charge in [0, 0.05) is 24.5 Å². The number of hydrogen-bond acceptors (Lipinski definition) is 6. The molecule has 4 aromatic rings. The molecule has 4 rings (SSSR count). The summed E-state index contributed by atoms with van der Waals surface area (Å²) in [4.78, 5) is 41.1. The van der Waals surface area contributed by atoms with Gasteiger partial charge in [-0.1, -0.05) is 65.7 Å². The summed E-state index contributed by atoms with van der Waals surface area (Å²) in [5.74, 6) is -0.320. The van der Waals surface area contributed by atoms with Crippen molar-refractivity contribution in [1.29, 1.82) is 0 Å². The number of benzene rings is 2. The first-order chi connectivity index (χ1) is 18.3. The van der Waals surface area contributed by atoms with Crippen LogP contribution in [0, 0.1) is 0 Å². The smallest absolute Gasteiger partial charge is 0.323 e. The Labute approximate surface area is 228 Å². The third-order valence-corrected chi connectivity index (χ3v) is 6.18. The van der Waals surface area contributed by atoms with Crippen molar-refractivity contribution in [2.45, 2.75) is 19.9 Å². The van der Waals surface area contributed by atoms with Gasteiger partial charge >= 0.3 is 12.0 Å². The first kappa shape index (κ1) is 26.8. The average Bonchev–Trinajstić information content (AvgIpc) is 2.92. The molecule has 194 valence electrons. The summed E-state index contributed by atoms with van der Waals surface area (Å²) >= 11 is 12.2. The molecule has 0 radical (unpaired) electrons. The van der Waals surface area contributed by atoms with Gasteiger partial charge in [-0.05, 0) is 35.7 Å². The number of halogens is 2. The zero-order valence-corrected chi connectivity index (χ0v) is 22.0. The molecule has 2 aromatic heterocycles. The van der Waals surface area contributed by atoms with Crippen LogP contribution in [0.15, 0.2) is 71.8 Å². The number of urea groups is 1. The molecule has 9 nitrogen and oxygen atoms in total. The lowest BCUT2D eigenvalue weighted by molar-refractivity contribution is -0.139. The molecule has 2 heterocycles. The normalized spacial score (nSPS) is 10.6. The van der Waals surface area contributed by atoms with Crippen molar-refractivity contribution in [1.82, 2.24) is 14.8 Å². The topological polar surface area (TPSA) is 115 Å². The zero-order valence-electron chi connectivity index (χ0n) is 20.5. The van der Waals surface area contributed by atoms with Gasteiger partial charge in [-0.2, -0.15) is 5.10 Å².